The lowest BCUT2D eigenvalue weighted by atomic mass is 10.4. The Kier molecular flexibility index (Phi) is 1.33. The van der Waals surface area contributed by atoms with Crippen molar-refractivity contribution in [1.29, 1.82) is 0 Å². The van der Waals surface area contributed by atoms with Crippen LogP contribution in [0, 0.1) is 6.57 Å². The number of hydrogen-bond acceptors (Lipinski definition) is 3. The van der Waals surface area contributed by atoms with Crippen molar-refractivity contribution in [2.24, 2.45) is 0 Å². The number of carboxylic acids is 1. The molecule has 0 fully saturated rings. The van der Waals surface area contributed by atoms with Gasteiger partial charge in [0.25, 0.3) is 0 Å². The molecular formula is C4H2N4O2. The third-order valence-electron chi connectivity index (χ3n) is 0.838. The van der Waals surface area contributed by atoms with Gasteiger partial charge in [-0.1, -0.05) is 6.57 Å². The molecule has 1 aromatic heterocycles. The van der Waals surface area contributed by atoms with Crippen LogP contribution in [0.25, 0.3) is 4.85 Å². The third kappa shape index (κ3) is 0.798. The SMILES string of the molecule is [C-]#[N+]c1n[nH]nc1C(=O)O. The molecule has 0 atom stereocenters. The van der Waals surface area contributed by atoms with Crippen LogP contribution in [0.1, 0.15) is 10.5 Å². The van der Waals surface area contributed by atoms with Gasteiger partial charge in [-0.15, -0.1) is 10.3 Å². The maximum Gasteiger partial charge on any atom is 0.347 e. The van der Waals surface area contributed by atoms with Gasteiger partial charge in [0.1, 0.15) is 0 Å². The van der Waals surface area contributed by atoms with Gasteiger partial charge in [0.15, 0.2) is 0 Å². The van der Waals surface area contributed by atoms with Gasteiger partial charge >= 0.3 is 11.8 Å². The van der Waals surface area contributed by atoms with Crippen LogP contribution in [0.4, 0.5) is 5.82 Å². The van der Waals surface area contributed by atoms with Gasteiger partial charge in [-0.25, -0.2) is 4.79 Å². The van der Waals surface area contributed by atoms with E-state index in [4.69, 9.17) is 11.7 Å². The summed E-state index contributed by atoms with van der Waals surface area (Å²) in [6.07, 6.45) is 0. The molecule has 2 N–H and O–H groups in total. The fourth-order valence-corrected chi connectivity index (χ4v) is 0.447. The molecule has 6 heteroatoms. The van der Waals surface area contributed by atoms with E-state index in [1.54, 1.807) is 0 Å². The second kappa shape index (κ2) is 2.14. The summed E-state index contributed by atoms with van der Waals surface area (Å²) in [4.78, 5) is 13.0. The molecule has 0 amide bonds. The van der Waals surface area contributed by atoms with E-state index in [1.165, 1.54) is 0 Å². The summed E-state index contributed by atoms with van der Waals surface area (Å²) >= 11 is 0. The molecule has 1 heterocycles. The van der Waals surface area contributed by atoms with Crippen molar-refractivity contribution in [2.45, 2.75) is 0 Å². The topological polar surface area (TPSA) is 83.2 Å². The molecule has 0 saturated carbocycles. The van der Waals surface area contributed by atoms with E-state index < -0.39 is 5.97 Å². The van der Waals surface area contributed by atoms with E-state index in [-0.39, 0.29) is 11.5 Å². The number of H-pyrrole nitrogens is 1. The van der Waals surface area contributed by atoms with Crippen LogP contribution in [0.15, 0.2) is 0 Å². The molecule has 0 aromatic carbocycles. The van der Waals surface area contributed by atoms with E-state index >= 15 is 0 Å². The van der Waals surface area contributed by atoms with Crippen molar-refractivity contribution in [3.05, 3.63) is 17.1 Å². The summed E-state index contributed by atoms with van der Waals surface area (Å²) in [6, 6.07) is 0. The second-order valence-corrected chi connectivity index (χ2v) is 1.41. The van der Waals surface area contributed by atoms with Crippen LogP contribution in [0.2, 0.25) is 0 Å². The Morgan fingerprint density at radius 3 is 2.80 bits per heavy atom. The maximum atomic E-state index is 10.2. The lowest BCUT2D eigenvalue weighted by molar-refractivity contribution is 0.0691. The lowest BCUT2D eigenvalue weighted by Crippen LogP contribution is -1.95. The van der Waals surface area contributed by atoms with Crippen LogP contribution < -0.4 is 0 Å². The van der Waals surface area contributed by atoms with Gasteiger partial charge in [-0.2, -0.15) is 0 Å². The molecule has 10 heavy (non-hydrogen) atoms. The molecule has 1 aromatic rings. The quantitative estimate of drug-likeness (QED) is 0.537. The summed E-state index contributed by atoms with van der Waals surface area (Å²) in [5, 5.41) is 16.9. The van der Waals surface area contributed by atoms with E-state index in [1.807, 2.05) is 5.21 Å². The normalized spacial score (nSPS) is 8.70. The van der Waals surface area contributed by atoms with E-state index in [2.05, 4.69) is 15.0 Å². The molecule has 0 aliphatic heterocycles. The van der Waals surface area contributed by atoms with E-state index in [0.29, 0.717) is 0 Å². The van der Waals surface area contributed by atoms with Crippen LogP contribution in [-0.2, 0) is 0 Å². The number of nitrogens with zero attached hydrogens (tertiary/aromatic N) is 3. The van der Waals surface area contributed by atoms with Crippen LogP contribution >= 0.6 is 0 Å². The zero-order valence-electron chi connectivity index (χ0n) is 4.70. The maximum absolute atomic E-state index is 10.2. The highest BCUT2D eigenvalue weighted by Gasteiger charge is 2.14. The van der Waals surface area contributed by atoms with Gasteiger partial charge in [-0.05, 0) is 5.10 Å². The number of carboxylic acid groups (broad SMARTS) is 1. The monoisotopic (exact) mass is 138 g/mol. The Balaban J connectivity index is 3.17. The fraction of sp³-hybridized carbons (Fsp3) is 0. The zero-order valence-corrected chi connectivity index (χ0v) is 4.70. The van der Waals surface area contributed by atoms with E-state index in [9.17, 15) is 4.79 Å². The van der Waals surface area contributed by atoms with Crippen molar-refractivity contribution in [3.8, 4) is 0 Å². The molecule has 1 rings (SSSR count). The molecule has 0 aliphatic rings. The lowest BCUT2D eigenvalue weighted by Gasteiger charge is -1.81. The second-order valence-electron chi connectivity index (χ2n) is 1.41. The average Bonchev–Trinajstić information content (AvgIpc) is 2.33. The standard InChI is InChI=1S/C4H2N4O2/c1-5-3-2(4(9)10)6-8-7-3/h(H,9,10)(H,6,7,8). The first-order valence-corrected chi connectivity index (χ1v) is 2.27. The number of carbonyl (C=O) groups is 1. The molecule has 0 spiro atoms. The van der Waals surface area contributed by atoms with Crippen molar-refractivity contribution in [3.63, 3.8) is 0 Å². The zero-order chi connectivity index (χ0) is 7.56. The molecule has 0 saturated heterocycles. The minimum Gasteiger partial charge on any atom is -0.477 e. The number of hydrogen-bond donors (Lipinski definition) is 2. The molecule has 6 nitrogen and oxygen atoms in total. The third-order valence-corrected chi connectivity index (χ3v) is 0.838. The Bertz CT molecular complexity index is 296. The largest absolute Gasteiger partial charge is 0.477 e. The van der Waals surface area contributed by atoms with Gasteiger partial charge in [0.2, 0.25) is 5.69 Å². The van der Waals surface area contributed by atoms with Crippen LogP contribution in [-0.4, -0.2) is 26.5 Å². The molecule has 50 valence electrons. The molecule has 0 aliphatic carbocycles. The Morgan fingerprint density at radius 1 is 1.70 bits per heavy atom. The Labute approximate surface area is 55.3 Å². The summed E-state index contributed by atoms with van der Waals surface area (Å²) in [5.74, 6) is -1.47. The predicted octanol–water partition coefficient (Wildman–Crippen LogP) is 0.0537. The summed E-state index contributed by atoms with van der Waals surface area (Å²) in [7, 11) is 0. The van der Waals surface area contributed by atoms with Crippen molar-refractivity contribution < 1.29 is 9.90 Å². The van der Waals surface area contributed by atoms with Crippen molar-refractivity contribution in [2.75, 3.05) is 0 Å². The summed E-state index contributed by atoms with van der Waals surface area (Å²) in [6.45, 7) is 6.43. The average molecular weight is 138 g/mol. The minimum absolute atomic E-state index is 0.215. The van der Waals surface area contributed by atoms with Crippen molar-refractivity contribution >= 4 is 11.8 Å². The number of nitrogens with one attached hydrogen (secondary N) is 1. The van der Waals surface area contributed by atoms with Crippen LogP contribution in [0.5, 0.6) is 0 Å². The molecular weight excluding hydrogens is 136 g/mol. The van der Waals surface area contributed by atoms with Crippen molar-refractivity contribution in [1.82, 2.24) is 15.4 Å². The highest BCUT2D eigenvalue weighted by Crippen LogP contribution is 2.10. The van der Waals surface area contributed by atoms with Gasteiger partial charge in [0, 0.05) is 0 Å². The van der Waals surface area contributed by atoms with Gasteiger partial charge in [0.05, 0.1) is 0 Å². The number of aromatic nitrogens is 3. The van der Waals surface area contributed by atoms with E-state index in [0.717, 1.165) is 0 Å². The summed E-state index contributed by atoms with van der Waals surface area (Å²) in [5.41, 5.74) is -0.338. The number of rotatable bonds is 1. The Hall–Kier alpha value is -1.90. The fourth-order valence-electron chi connectivity index (χ4n) is 0.447. The predicted molar refractivity (Wildman–Crippen MR) is 29.6 cm³/mol. The number of aromatic amines is 1. The molecule has 0 unspecified atom stereocenters. The Morgan fingerprint density at radius 2 is 2.40 bits per heavy atom. The van der Waals surface area contributed by atoms with Crippen LogP contribution in [0.3, 0.4) is 0 Å². The first-order chi connectivity index (χ1) is 4.75. The first-order valence-electron chi connectivity index (χ1n) is 2.27. The summed E-state index contributed by atoms with van der Waals surface area (Å²) < 4.78 is 0. The molecule has 0 radical (unpaired) electrons. The number of aromatic carboxylic acids is 1. The minimum atomic E-state index is -1.25. The van der Waals surface area contributed by atoms with Gasteiger partial charge < -0.3 is 9.95 Å². The van der Waals surface area contributed by atoms with Gasteiger partial charge in [-0.3, -0.25) is 0 Å². The smallest absolute Gasteiger partial charge is 0.347 e. The highest BCUT2D eigenvalue weighted by atomic mass is 16.4. The molecule has 0 bridgehead atoms. The first kappa shape index (κ1) is 6.22. The highest BCUT2D eigenvalue weighted by molar-refractivity contribution is 5.90.